The Kier molecular flexibility index (Phi) is 2.91. The second-order valence-corrected chi connectivity index (χ2v) is 4.57. The highest BCUT2D eigenvalue weighted by Crippen LogP contribution is 2.30. The van der Waals surface area contributed by atoms with Crippen molar-refractivity contribution < 1.29 is 8.81 Å². The van der Waals surface area contributed by atoms with Gasteiger partial charge in [-0.05, 0) is 18.6 Å². The number of hydrogen-bond acceptors (Lipinski definition) is 3. The van der Waals surface area contributed by atoms with Gasteiger partial charge in [0.1, 0.15) is 4.64 Å². The smallest absolute Gasteiger partial charge is 0.170 e. The van der Waals surface area contributed by atoms with Crippen molar-refractivity contribution in [3.63, 3.8) is 0 Å². The molecular formula is C14H11FN2OS. The molecule has 1 N–H and O–H groups in total. The fraction of sp³-hybridized carbons (Fsp3) is 0.143. The van der Waals surface area contributed by atoms with Crippen LogP contribution in [0.15, 0.2) is 35.0 Å². The van der Waals surface area contributed by atoms with Crippen molar-refractivity contribution in [2.24, 2.45) is 0 Å². The van der Waals surface area contributed by atoms with E-state index in [4.69, 9.17) is 16.6 Å². The molecule has 0 fully saturated rings. The third-order valence-electron chi connectivity index (χ3n) is 3.05. The van der Waals surface area contributed by atoms with Crippen molar-refractivity contribution in [3.05, 3.63) is 46.6 Å². The number of rotatable bonds is 2. The Bertz CT molecular complexity index is 807. The van der Waals surface area contributed by atoms with Crippen LogP contribution in [0, 0.1) is 10.5 Å². The van der Waals surface area contributed by atoms with E-state index >= 15 is 0 Å². The maximum Gasteiger partial charge on any atom is 0.170 e. The fourth-order valence-electron chi connectivity index (χ4n) is 2.13. The molecule has 2 aromatic heterocycles. The molecule has 0 atom stereocenters. The van der Waals surface area contributed by atoms with Crippen LogP contribution < -0.4 is 0 Å². The van der Waals surface area contributed by atoms with Crippen LogP contribution in [0.3, 0.4) is 0 Å². The lowest BCUT2D eigenvalue weighted by Crippen LogP contribution is -1.94. The Balaban J connectivity index is 2.28. The van der Waals surface area contributed by atoms with Crippen molar-refractivity contribution in [3.8, 4) is 11.5 Å². The Morgan fingerprint density at radius 1 is 1.42 bits per heavy atom. The molecule has 3 aromatic rings. The van der Waals surface area contributed by atoms with Crippen molar-refractivity contribution >= 4 is 23.2 Å². The summed E-state index contributed by atoms with van der Waals surface area (Å²) in [5.74, 6) is 0.208. The summed E-state index contributed by atoms with van der Waals surface area (Å²) in [6.07, 6.45) is 2.26. The van der Waals surface area contributed by atoms with Gasteiger partial charge in [-0.1, -0.05) is 31.3 Å². The van der Waals surface area contributed by atoms with Gasteiger partial charge in [0.25, 0.3) is 0 Å². The van der Waals surface area contributed by atoms with E-state index in [0.717, 1.165) is 23.1 Å². The molecule has 0 amide bonds. The van der Waals surface area contributed by atoms with Gasteiger partial charge in [0, 0.05) is 10.9 Å². The average Bonchev–Trinajstić information content (AvgIpc) is 2.84. The van der Waals surface area contributed by atoms with Crippen LogP contribution in [0.5, 0.6) is 0 Å². The Labute approximate surface area is 114 Å². The minimum absolute atomic E-state index is 0.260. The molecule has 0 unspecified atom stereocenters. The number of aromatic amines is 1. The molecule has 19 heavy (non-hydrogen) atoms. The van der Waals surface area contributed by atoms with Crippen LogP contribution in [0.4, 0.5) is 4.39 Å². The molecule has 1 aromatic carbocycles. The quantitative estimate of drug-likeness (QED) is 0.710. The molecule has 0 radical (unpaired) electrons. The molecule has 96 valence electrons. The van der Waals surface area contributed by atoms with Gasteiger partial charge >= 0.3 is 0 Å². The van der Waals surface area contributed by atoms with Crippen LogP contribution in [0.25, 0.3) is 22.4 Å². The molecule has 0 aliphatic rings. The zero-order valence-electron chi connectivity index (χ0n) is 10.2. The Morgan fingerprint density at radius 2 is 2.26 bits per heavy atom. The number of aromatic nitrogens is 2. The zero-order chi connectivity index (χ0) is 13.4. The summed E-state index contributed by atoms with van der Waals surface area (Å²) < 4.78 is 19.8. The number of nitrogens with one attached hydrogen (secondary N) is 1. The molecule has 0 saturated carbocycles. The van der Waals surface area contributed by atoms with E-state index in [-0.39, 0.29) is 11.4 Å². The first-order valence-corrected chi connectivity index (χ1v) is 6.36. The lowest BCUT2D eigenvalue weighted by molar-refractivity contribution is 0.567. The van der Waals surface area contributed by atoms with Crippen molar-refractivity contribution in [1.29, 1.82) is 0 Å². The SMILES string of the molecule is CCc1c(-c2cc3cccc(F)c3o2)[nH]cnc1=S. The minimum Gasteiger partial charge on any atom is -0.451 e. The van der Waals surface area contributed by atoms with Crippen LogP contribution >= 0.6 is 12.2 Å². The van der Waals surface area contributed by atoms with E-state index in [1.165, 1.54) is 12.4 Å². The summed E-state index contributed by atoms with van der Waals surface area (Å²) >= 11 is 5.20. The van der Waals surface area contributed by atoms with Gasteiger partial charge < -0.3 is 9.40 Å². The van der Waals surface area contributed by atoms with E-state index in [9.17, 15) is 4.39 Å². The van der Waals surface area contributed by atoms with E-state index < -0.39 is 0 Å². The maximum absolute atomic E-state index is 13.6. The number of fused-ring (bicyclic) bond motifs is 1. The summed E-state index contributed by atoms with van der Waals surface area (Å²) in [4.78, 5) is 7.08. The van der Waals surface area contributed by atoms with Gasteiger partial charge in [0.05, 0.1) is 12.0 Å². The van der Waals surface area contributed by atoms with Crippen molar-refractivity contribution in [2.45, 2.75) is 13.3 Å². The Hall–Kier alpha value is -2.01. The maximum atomic E-state index is 13.6. The number of nitrogens with zero attached hydrogens (tertiary/aromatic N) is 1. The number of H-pyrrole nitrogens is 1. The number of furan rings is 1. The van der Waals surface area contributed by atoms with Gasteiger partial charge in [-0.25, -0.2) is 9.37 Å². The standard InChI is InChI=1S/C14H11FN2OS/c1-2-9-12(16-7-17-14(9)19)11-6-8-4-3-5-10(15)13(8)18-11/h3-7H,2H2,1H3,(H,16,17,19). The molecular weight excluding hydrogens is 263 g/mol. The first kappa shape index (κ1) is 12.0. The number of halogens is 1. The molecule has 0 bridgehead atoms. The summed E-state index contributed by atoms with van der Waals surface area (Å²) in [6, 6.07) is 6.66. The average molecular weight is 274 g/mol. The van der Waals surface area contributed by atoms with Crippen LogP contribution in [0.1, 0.15) is 12.5 Å². The van der Waals surface area contributed by atoms with Gasteiger partial charge in [-0.15, -0.1) is 0 Å². The van der Waals surface area contributed by atoms with Gasteiger partial charge in [0.15, 0.2) is 17.2 Å². The van der Waals surface area contributed by atoms with Crippen molar-refractivity contribution in [1.82, 2.24) is 9.97 Å². The van der Waals surface area contributed by atoms with E-state index in [1.54, 1.807) is 12.1 Å². The van der Waals surface area contributed by atoms with Crippen molar-refractivity contribution in [2.75, 3.05) is 0 Å². The molecule has 0 aliphatic heterocycles. The first-order valence-electron chi connectivity index (χ1n) is 5.95. The molecule has 2 heterocycles. The summed E-state index contributed by atoms with van der Waals surface area (Å²) in [7, 11) is 0. The van der Waals surface area contributed by atoms with Crippen LogP contribution in [0.2, 0.25) is 0 Å². The highest BCUT2D eigenvalue weighted by molar-refractivity contribution is 7.71. The molecule has 0 spiro atoms. The predicted octanol–water partition coefficient (Wildman–Crippen LogP) is 4.25. The van der Waals surface area contributed by atoms with Crippen LogP contribution in [-0.4, -0.2) is 9.97 Å². The number of hydrogen-bond donors (Lipinski definition) is 1. The molecule has 3 nitrogen and oxygen atoms in total. The second-order valence-electron chi connectivity index (χ2n) is 4.18. The van der Waals surface area contributed by atoms with Gasteiger partial charge in [-0.3, -0.25) is 0 Å². The largest absolute Gasteiger partial charge is 0.451 e. The molecule has 3 rings (SSSR count). The highest BCUT2D eigenvalue weighted by atomic mass is 32.1. The van der Waals surface area contributed by atoms with E-state index in [2.05, 4.69) is 9.97 Å². The topological polar surface area (TPSA) is 41.8 Å². The predicted molar refractivity (Wildman–Crippen MR) is 74.0 cm³/mol. The third kappa shape index (κ3) is 1.96. The number of para-hydroxylation sites is 1. The molecule has 5 heteroatoms. The fourth-order valence-corrected chi connectivity index (χ4v) is 2.43. The van der Waals surface area contributed by atoms with E-state index in [0.29, 0.717) is 10.4 Å². The molecule has 0 aliphatic carbocycles. The normalized spacial score (nSPS) is 11.1. The number of benzene rings is 1. The lowest BCUT2D eigenvalue weighted by Gasteiger charge is -2.03. The second kappa shape index (κ2) is 4.59. The third-order valence-corrected chi connectivity index (χ3v) is 3.40. The highest BCUT2D eigenvalue weighted by Gasteiger charge is 2.13. The monoisotopic (exact) mass is 274 g/mol. The van der Waals surface area contributed by atoms with Gasteiger partial charge in [-0.2, -0.15) is 0 Å². The van der Waals surface area contributed by atoms with Crippen LogP contribution in [-0.2, 0) is 6.42 Å². The summed E-state index contributed by atoms with van der Waals surface area (Å²) in [6.45, 7) is 1.99. The van der Waals surface area contributed by atoms with Gasteiger partial charge in [0.2, 0.25) is 0 Å². The molecule has 0 saturated heterocycles. The summed E-state index contributed by atoms with van der Waals surface area (Å²) in [5, 5.41) is 0.730. The zero-order valence-corrected chi connectivity index (χ0v) is 11.1. The lowest BCUT2D eigenvalue weighted by atomic mass is 10.1. The first-order chi connectivity index (χ1) is 9.20. The Morgan fingerprint density at radius 3 is 3.00 bits per heavy atom. The summed E-state index contributed by atoms with van der Waals surface area (Å²) in [5.41, 5.74) is 1.92. The van der Waals surface area contributed by atoms with E-state index in [1.807, 2.05) is 13.0 Å². The minimum atomic E-state index is -0.366.